The highest BCUT2D eigenvalue weighted by atomic mass is 16.6. The van der Waals surface area contributed by atoms with Gasteiger partial charge in [-0.2, -0.15) is 4.98 Å². The molecule has 0 saturated heterocycles. The Morgan fingerprint density at radius 3 is 2.81 bits per heavy atom. The number of hydrogen-bond donors (Lipinski definition) is 2. The Labute approximate surface area is 119 Å². The van der Waals surface area contributed by atoms with Crippen LogP contribution < -0.4 is 5.32 Å². The second-order valence-electron chi connectivity index (χ2n) is 4.90. The fraction of sp³-hybridized carbons (Fsp3) is 0.308. The van der Waals surface area contributed by atoms with E-state index in [1.807, 2.05) is 0 Å². The molecule has 2 aromatic rings. The monoisotopic (exact) mass is 287 g/mol. The number of rotatable bonds is 4. The van der Waals surface area contributed by atoms with Gasteiger partial charge in [-0.1, -0.05) is 18.6 Å². The van der Waals surface area contributed by atoms with Crippen molar-refractivity contribution in [3.8, 4) is 0 Å². The molecule has 8 heteroatoms. The van der Waals surface area contributed by atoms with Crippen molar-refractivity contribution in [3.63, 3.8) is 0 Å². The zero-order valence-corrected chi connectivity index (χ0v) is 11.1. The van der Waals surface area contributed by atoms with Crippen LogP contribution >= 0.6 is 0 Å². The lowest BCUT2D eigenvalue weighted by atomic mass is 9.85. The first-order chi connectivity index (χ1) is 10.1. The van der Waals surface area contributed by atoms with Gasteiger partial charge < -0.3 is 0 Å². The summed E-state index contributed by atoms with van der Waals surface area (Å²) in [5.74, 6) is 0.662. The number of aromatic nitrogens is 3. The highest BCUT2D eigenvalue weighted by Crippen LogP contribution is 2.34. The topological polar surface area (TPSA) is 114 Å². The standard InChI is InChI=1S/C13H13N5O3/c19-12(9-6-1-2-7-10(9)18(20)21)15-13-14-11(16-17-13)8-4-3-5-8/h1-2,6-8H,3-5H2,(H2,14,15,16,17,19). The number of para-hydroxylation sites is 1. The molecular weight excluding hydrogens is 274 g/mol. The number of nitro benzene ring substituents is 1. The molecule has 1 aromatic heterocycles. The van der Waals surface area contributed by atoms with Crippen LogP contribution in [0.5, 0.6) is 0 Å². The van der Waals surface area contributed by atoms with E-state index in [0.717, 1.165) is 18.7 Å². The van der Waals surface area contributed by atoms with Crippen LogP contribution in [0.4, 0.5) is 11.6 Å². The van der Waals surface area contributed by atoms with Gasteiger partial charge in [-0.05, 0) is 18.9 Å². The van der Waals surface area contributed by atoms with Gasteiger partial charge in [-0.15, -0.1) is 5.10 Å². The maximum absolute atomic E-state index is 12.1. The van der Waals surface area contributed by atoms with E-state index in [2.05, 4.69) is 20.5 Å². The summed E-state index contributed by atoms with van der Waals surface area (Å²) in [5.41, 5.74) is -0.262. The van der Waals surface area contributed by atoms with Crippen molar-refractivity contribution >= 4 is 17.5 Å². The van der Waals surface area contributed by atoms with Gasteiger partial charge in [0.1, 0.15) is 11.4 Å². The largest absolute Gasteiger partial charge is 0.289 e. The van der Waals surface area contributed by atoms with Crippen LogP contribution in [0, 0.1) is 10.1 Å². The molecule has 1 aliphatic carbocycles. The SMILES string of the molecule is O=C(Nc1n[nH]c(C2CCC2)n1)c1ccccc1[N+](=O)[O-]. The molecule has 1 fully saturated rings. The lowest BCUT2D eigenvalue weighted by Gasteiger charge is -2.22. The quantitative estimate of drug-likeness (QED) is 0.661. The van der Waals surface area contributed by atoms with Gasteiger partial charge in [0, 0.05) is 12.0 Å². The molecule has 1 aromatic carbocycles. The Hall–Kier alpha value is -2.77. The molecule has 0 spiro atoms. The van der Waals surface area contributed by atoms with Crippen LogP contribution in [0.3, 0.4) is 0 Å². The summed E-state index contributed by atoms with van der Waals surface area (Å²) in [6, 6.07) is 5.76. The number of nitrogens with one attached hydrogen (secondary N) is 2. The minimum Gasteiger partial charge on any atom is -0.289 e. The highest BCUT2D eigenvalue weighted by molar-refractivity contribution is 6.06. The first-order valence-electron chi connectivity index (χ1n) is 6.62. The van der Waals surface area contributed by atoms with Gasteiger partial charge in [-0.25, -0.2) is 0 Å². The summed E-state index contributed by atoms with van der Waals surface area (Å²) in [5, 5.41) is 20.1. The molecule has 1 amide bonds. The molecule has 0 radical (unpaired) electrons. The lowest BCUT2D eigenvalue weighted by molar-refractivity contribution is -0.385. The smallest absolute Gasteiger partial charge is 0.282 e. The van der Waals surface area contributed by atoms with E-state index in [1.165, 1.54) is 24.6 Å². The van der Waals surface area contributed by atoms with Crippen LogP contribution in [0.15, 0.2) is 24.3 Å². The summed E-state index contributed by atoms with van der Waals surface area (Å²) < 4.78 is 0. The second kappa shape index (κ2) is 5.31. The Morgan fingerprint density at radius 1 is 1.38 bits per heavy atom. The molecule has 1 saturated carbocycles. The predicted molar refractivity (Wildman–Crippen MR) is 74.0 cm³/mol. The Kier molecular flexibility index (Phi) is 3.35. The van der Waals surface area contributed by atoms with Crippen LogP contribution in [-0.4, -0.2) is 26.0 Å². The zero-order chi connectivity index (χ0) is 14.8. The average molecular weight is 287 g/mol. The van der Waals surface area contributed by atoms with Crippen molar-refractivity contribution in [3.05, 3.63) is 45.8 Å². The molecule has 2 N–H and O–H groups in total. The third-order valence-electron chi connectivity index (χ3n) is 3.57. The fourth-order valence-corrected chi connectivity index (χ4v) is 2.19. The number of nitrogens with zero attached hydrogens (tertiary/aromatic N) is 3. The number of nitro groups is 1. The number of aromatic amines is 1. The van der Waals surface area contributed by atoms with Gasteiger partial charge in [0.15, 0.2) is 0 Å². The summed E-state index contributed by atoms with van der Waals surface area (Å²) in [6.07, 6.45) is 3.29. The fourth-order valence-electron chi connectivity index (χ4n) is 2.19. The molecule has 21 heavy (non-hydrogen) atoms. The molecule has 0 bridgehead atoms. The van der Waals surface area contributed by atoms with Crippen LogP contribution in [0.25, 0.3) is 0 Å². The number of hydrogen-bond acceptors (Lipinski definition) is 5. The number of H-pyrrole nitrogens is 1. The number of carbonyl (C=O) groups excluding carboxylic acids is 1. The van der Waals surface area contributed by atoms with Crippen molar-refractivity contribution in [2.75, 3.05) is 5.32 Å². The van der Waals surface area contributed by atoms with E-state index in [1.54, 1.807) is 6.07 Å². The third-order valence-corrected chi connectivity index (χ3v) is 3.57. The van der Waals surface area contributed by atoms with E-state index in [9.17, 15) is 14.9 Å². The predicted octanol–water partition coefficient (Wildman–Crippen LogP) is 2.23. The van der Waals surface area contributed by atoms with Crippen molar-refractivity contribution in [2.24, 2.45) is 0 Å². The third kappa shape index (κ3) is 2.60. The van der Waals surface area contributed by atoms with Crippen molar-refractivity contribution in [1.29, 1.82) is 0 Å². The van der Waals surface area contributed by atoms with Crippen molar-refractivity contribution in [2.45, 2.75) is 25.2 Å². The molecule has 0 unspecified atom stereocenters. The lowest BCUT2D eigenvalue weighted by Crippen LogP contribution is -2.15. The molecule has 1 aliphatic rings. The summed E-state index contributed by atoms with van der Waals surface area (Å²) in [7, 11) is 0. The van der Waals surface area contributed by atoms with Crippen molar-refractivity contribution in [1.82, 2.24) is 15.2 Å². The number of anilines is 1. The maximum Gasteiger partial charge on any atom is 0.282 e. The molecule has 1 heterocycles. The Bertz CT molecular complexity index is 693. The van der Waals surface area contributed by atoms with Gasteiger partial charge in [0.05, 0.1) is 4.92 Å². The first-order valence-corrected chi connectivity index (χ1v) is 6.62. The van der Waals surface area contributed by atoms with E-state index >= 15 is 0 Å². The van der Waals surface area contributed by atoms with Crippen LogP contribution in [-0.2, 0) is 0 Å². The summed E-state index contributed by atoms with van der Waals surface area (Å²) in [6.45, 7) is 0. The molecule has 0 atom stereocenters. The van der Waals surface area contributed by atoms with E-state index in [0.29, 0.717) is 5.92 Å². The van der Waals surface area contributed by atoms with Crippen molar-refractivity contribution < 1.29 is 9.72 Å². The summed E-state index contributed by atoms with van der Waals surface area (Å²) in [4.78, 5) is 26.6. The van der Waals surface area contributed by atoms with Gasteiger partial charge >= 0.3 is 0 Å². The van der Waals surface area contributed by atoms with E-state index in [4.69, 9.17) is 0 Å². The molecular formula is C13H13N5O3. The van der Waals surface area contributed by atoms with Crippen LogP contribution in [0.1, 0.15) is 41.4 Å². The first kappa shape index (κ1) is 13.2. The average Bonchev–Trinajstić information content (AvgIpc) is 2.84. The molecule has 0 aliphatic heterocycles. The van der Waals surface area contributed by atoms with E-state index < -0.39 is 10.8 Å². The molecule has 3 rings (SSSR count). The van der Waals surface area contributed by atoms with Gasteiger partial charge in [-0.3, -0.25) is 25.3 Å². The Morgan fingerprint density at radius 2 is 2.14 bits per heavy atom. The number of amides is 1. The highest BCUT2D eigenvalue weighted by Gasteiger charge is 2.24. The normalized spacial score (nSPS) is 14.5. The number of carbonyl (C=O) groups is 1. The second-order valence-corrected chi connectivity index (χ2v) is 4.90. The number of benzene rings is 1. The van der Waals surface area contributed by atoms with Crippen LogP contribution in [0.2, 0.25) is 0 Å². The van der Waals surface area contributed by atoms with E-state index in [-0.39, 0.29) is 17.2 Å². The zero-order valence-electron chi connectivity index (χ0n) is 11.1. The maximum atomic E-state index is 12.1. The summed E-state index contributed by atoms with van der Waals surface area (Å²) >= 11 is 0. The minimum absolute atomic E-state index is 0.0162. The minimum atomic E-state index is -0.596. The van der Waals surface area contributed by atoms with Gasteiger partial charge in [0.25, 0.3) is 11.6 Å². The molecule has 8 nitrogen and oxygen atoms in total. The van der Waals surface area contributed by atoms with Gasteiger partial charge in [0.2, 0.25) is 5.95 Å². The molecule has 108 valence electrons. The Balaban J connectivity index is 1.77.